The highest BCUT2D eigenvalue weighted by Crippen LogP contribution is 2.22. The van der Waals surface area contributed by atoms with Crippen molar-refractivity contribution in [2.75, 3.05) is 5.75 Å². The normalized spacial score (nSPS) is 38.0. The second-order valence-electron chi connectivity index (χ2n) is 3.68. The molecule has 0 radical (unpaired) electrons. The van der Waals surface area contributed by atoms with E-state index in [0.717, 1.165) is 19.3 Å². The Bertz CT molecular complexity index is 218. The summed E-state index contributed by atoms with van der Waals surface area (Å²) in [4.78, 5) is 0. The Morgan fingerprint density at radius 1 is 1.18 bits per heavy atom. The summed E-state index contributed by atoms with van der Waals surface area (Å²) < 4.78 is 22.8. The van der Waals surface area contributed by atoms with Gasteiger partial charge in [0, 0.05) is 0 Å². The van der Waals surface area contributed by atoms with Gasteiger partial charge in [-0.2, -0.15) is 0 Å². The molecule has 0 spiro atoms. The van der Waals surface area contributed by atoms with Crippen LogP contribution >= 0.6 is 0 Å². The molecule has 0 aliphatic carbocycles. The Kier molecular flexibility index (Phi) is 2.58. The number of rotatable bonds is 0. The maximum Gasteiger partial charge on any atom is 0.153 e. The first-order chi connectivity index (χ1) is 5.02. The van der Waals surface area contributed by atoms with E-state index in [1.54, 1.807) is 0 Å². The van der Waals surface area contributed by atoms with Gasteiger partial charge in [-0.05, 0) is 25.7 Å². The van der Waals surface area contributed by atoms with E-state index in [9.17, 15) is 8.42 Å². The first-order valence-corrected chi connectivity index (χ1v) is 5.95. The van der Waals surface area contributed by atoms with Gasteiger partial charge in [-0.1, -0.05) is 13.3 Å². The molecule has 0 bridgehead atoms. The van der Waals surface area contributed by atoms with Crippen molar-refractivity contribution in [2.45, 2.75) is 38.4 Å². The van der Waals surface area contributed by atoms with Gasteiger partial charge in [0.15, 0.2) is 9.84 Å². The van der Waals surface area contributed by atoms with Gasteiger partial charge >= 0.3 is 0 Å². The van der Waals surface area contributed by atoms with Crippen LogP contribution in [0.3, 0.4) is 0 Å². The van der Waals surface area contributed by atoms with Crippen molar-refractivity contribution in [1.82, 2.24) is 0 Å². The van der Waals surface area contributed by atoms with Gasteiger partial charge in [-0.15, -0.1) is 0 Å². The summed E-state index contributed by atoms with van der Waals surface area (Å²) in [5, 5.41) is -0.104. The lowest BCUT2D eigenvalue weighted by atomic mass is 10.1. The van der Waals surface area contributed by atoms with Gasteiger partial charge in [0.25, 0.3) is 0 Å². The molecule has 2 atom stereocenters. The Balaban J connectivity index is 2.77. The second-order valence-corrected chi connectivity index (χ2v) is 6.14. The summed E-state index contributed by atoms with van der Waals surface area (Å²) in [7, 11) is -2.75. The van der Waals surface area contributed by atoms with Crippen LogP contribution in [-0.4, -0.2) is 19.4 Å². The highest BCUT2D eigenvalue weighted by Gasteiger charge is 2.26. The molecule has 0 aromatic rings. The monoisotopic (exact) mass is 176 g/mol. The lowest BCUT2D eigenvalue weighted by molar-refractivity contribution is 0.555. The average Bonchev–Trinajstić information content (AvgIpc) is 1.93. The Labute approximate surface area is 68.9 Å². The predicted octanol–water partition coefficient (Wildman–Crippen LogP) is 1.61. The van der Waals surface area contributed by atoms with Crippen molar-refractivity contribution in [3.05, 3.63) is 0 Å². The van der Waals surface area contributed by atoms with E-state index in [0.29, 0.717) is 11.7 Å². The summed E-state index contributed by atoms with van der Waals surface area (Å²) >= 11 is 0. The van der Waals surface area contributed by atoms with Crippen LogP contribution in [0.4, 0.5) is 0 Å². The summed E-state index contributed by atoms with van der Waals surface area (Å²) in [6, 6.07) is 0. The largest absolute Gasteiger partial charge is 0.229 e. The molecule has 0 saturated carbocycles. The number of sulfone groups is 1. The molecule has 2 unspecified atom stereocenters. The van der Waals surface area contributed by atoms with Gasteiger partial charge < -0.3 is 0 Å². The molecule has 66 valence electrons. The molecule has 0 aromatic carbocycles. The molecule has 1 heterocycles. The summed E-state index contributed by atoms with van der Waals surface area (Å²) in [5.41, 5.74) is 0. The highest BCUT2D eigenvalue weighted by atomic mass is 32.2. The second kappa shape index (κ2) is 3.13. The highest BCUT2D eigenvalue weighted by molar-refractivity contribution is 7.92. The zero-order chi connectivity index (χ0) is 8.48. The summed E-state index contributed by atoms with van der Waals surface area (Å²) in [5.74, 6) is 0.763. The van der Waals surface area contributed by atoms with Crippen LogP contribution in [-0.2, 0) is 9.84 Å². The minimum atomic E-state index is -2.75. The van der Waals surface area contributed by atoms with Crippen LogP contribution in [0.1, 0.15) is 33.1 Å². The summed E-state index contributed by atoms with van der Waals surface area (Å²) in [6.45, 7) is 3.85. The van der Waals surface area contributed by atoms with E-state index >= 15 is 0 Å². The van der Waals surface area contributed by atoms with Crippen LogP contribution in [0, 0.1) is 5.92 Å². The van der Waals surface area contributed by atoms with Crippen molar-refractivity contribution < 1.29 is 8.42 Å². The van der Waals surface area contributed by atoms with Crippen LogP contribution in [0.5, 0.6) is 0 Å². The van der Waals surface area contributed by atoms with Crippen LogP contribution < -0.4 is 0 Å². The van der Waals surface area contributed by atoms with E-state index < -0.39 is 9.84 Å². The smallest absolute Gasteiger partial charge is 0.153 e. The van der Waals surface area contributed by atoms with Gasteiger partial charge in [-0.25, -0.2) is 8.42 Å². The maximum absolute atomic E-state index is 11.4. The van der Waals surface area contributed by atoms with E-state index in [1.807, 2.05) is 13.8 Å². The molecular weight excluding hydrogens is 160 g/mol. The van der Waals surface area contributed by atoms with Crippen molar-refractivity contribution in [1.29, 1.82) is 0 Å². The van der Waals surface area contributed by atoms with Crippen molar-refractivity contribution in [3.63, 3.8) is 0 Å². The lowest BCUT2D eigenvalue weighted by Crippen LogP contribution is -2.21. The fourth-order valence-corrected chi connectivity index (χ4v) is 3.39. The molecule has 1 aliphatic rings. The molecule has 0 amide bonds. The minimum Gasteiger partial charge on any atom is -0.229 e. The Morgan fingerprint density at radius 3 is 2.45 bits per heavy atom. The van der Waals surface area contributed by atoms with Gasteiger partial charge in [0.1, 0.15) is 0 Å². The zero-order valence-corrected chi connectivity index (χ0v) is 8.02. The lowest BCUT2D eigenvalue weighted by Gasteiger charge is -2.08. The quantitative estimate of drug-likeness (QED) is 0.562. The molecule has 2 nitrogen and oxygen atoms in total. The van der Waals surface area contributed by atoms with Crippen molar-refractivity contribution in [2.24, 2.45) is 5.92 Å². The first-order valence-electron chi connectivity index (χ1n) is 4.24. The number of hydrogen-bond acceptors (Lipinski definition) is 2. The molecule has 0 N–H and O–H groups in total. The molecule has 0 aromatic heterocycles. The van der Waals surface area contributed by atoms with E-state index in [4.69, 9.17) is 0 Å². The standard InChI is InChI=1S/C8H16O2S/c1-7-4-3-5-8(2)11(9,10)6-7/h7-8H,3-6H2,1-2H3. The third-order valence-corrected chi connectivity index (χ3v) is 4.93. The average molecular weight is 176 g/mol. The zero-order valence-electron chi connectivity index (χ0n) is 7.21. The molecule has 11 heavy (non-hydrogen) atoms. The van der Waals surface area contributed by atoms with Gasteiger partial charge in [0.2, 0.25) is 0 Å². The predicted molar refractivity (Wildman–Crippen MR) is 46.3 cm³/mol. The SMILES string of the molecule is CC1CCCC(C)S(=O)(=O)C1. The minimum absolute atomic E-state index is 0.104. The van der Waals surface area contributed by atoms with Crippen LogP contribution in [0.25, 0.3) is 0 Å². The van der Waals surface area contributed by atoms with E-state index in [1.165, 1.54) is 0 Å². The molecule has 1 fully saturated rings. The van der Waals surface area contributed by atoms with Crippen molar-refractivity contribution >= 4 is 9.84 Å². The third kappa shape index (κ3) is 2.19. The van der Waals surface area contributed by atoms with Crippen LogP contribution in [0.2, 0.25) is 0 Å². The molecule has 1 aliphatic heterocycles. The first kappa shape index (κ1) is 9.04. The fraction of sp³-hybridized carbons (Fsp3) is 1.00. The fourth-order valence-electron chi connectivity index (χ4n) is 1.58. The Hall–Kier alpha value is -0.0500. The number of hydrogen-bond donors (Lipinski definition) is 0. The van der Waals surface area contributed by atoms with E-state index in [-0.39, 0.29) is 5.25 Å². The third-order valence-electron chi connectivity index (χ3n) is 2.44. The topological polar surface area (TPSA) is 34.1 Å². The Morgan fingerprint density at radius 2 is 1.82 bits per heavy atom. The van der Waals surface area contributed by atoms with Crippen molar-refractivity contribution in [3.8, 4) is 0 Å². The molecule has 3 heteroatoms. The molecule has 1 saturated heterocycles. The molecular formula is C8H16O2S. The van der Waals surface area contributed by atoms with Gasteiger partial charge in [0.05, 0.1) is 11.0 Å². The van der Waals surface area contributed by atoms with E-state index in [2.05, 4.69) is 0 Å². The van der Waals surface area contributed by atoms with Gasteiger partial charge in [-0.3, -0.25) is 0 Å². The molecule has 1 rings (SSSR count). The summed E-state index contributed by atoms with van der Waals surface area (Å²) in [6.07, 6.45) is 3.00. The van der Waals surface area contributed by atoms with Crippen LogP contribution in [0.15, 0.2) is 0 Å². The maximum atomic E-state index is 11.4.